The summed E-state index contributed by atoms with van der Waals surface area (Å²) in [5, 5.41) is 2.87. The number of hydrogen-bond acceptors (Lipinski definition) is 3. The van der Waals surface area contributed by atoms with E-state index in [1.54, 1.807) is 6.92 Å². The average Bonchev–Trinajstić information content (AvgIpc) is 2.67. The van der Waals surface area contributed by atoms with Gasteiger partial charge in [-0.1, -0.05) is 48.0 Å². The predicted octanol–water partition coefficient (Wildman–Crippen LogP) is 6.04. The zero-order chi connectivity index (χ0) is 19.2. The van der Waals surface area contributed by atoms with Crippen LogP contribution in [0.5, 0.6) is 5.75 Å². The zero-order valence-corrected chi connectivity index (χ0v) is 16.1. The lowest BCUT2D eigenvalue weighted by Crippen LogP contribution is -2.00. The molecule has 0 aromatic heterocycles. The van der Waals surface area contributed by atoms with Crippen LogP contribution in [0.2, 0.25) is 5.02 Å². The minimum absolute atomic E-state index is 0.337. The van der Waals surface area contributed by atoms with Crippen molar-refractivity contribution in [1.29, 1.82) is 0 Å². The van der Waals surface area contributed by atoms with Crippen molar-refractivity contribution in [3.63, 3.8) is 0 Å². The molecule has 0 fully saturated rings. The number of rotatable bonds is 6. The van der Waals surface area contributed by atoms with Gasteiger partial charge in [-0.3, -0.25) is 0 Å². The Morgan fingerprint density at radius 2 is 1.89 bits per heavy atom. The van der Waals surface area contributed by atoms with Gasteiger partial charge in [0.1, 0.15) is 12.4 Å². The van der Waals surface area contributed by atoms with Crippen LogP contribution in [0.15, 0.2) is 66.7 Å². The predicted molar refractivity (Wildman–Crippen MR) is 110 cm³/mol. The maximum absolute atomic E-state index is 11.6. The van der Waals surface area contributed by atoms with E-state index in [2.05, 4.69) is 6.07 Å². The minimum atomic E-state index is -0.337. The van der Waals surface area contributed by atoms with E-state index in [-0.39, 0.29) is 5.97 Å². The zero-order valence-electron chi connectivity index (χ0n) is 15.4. The van der Waals surface area contributed by atoms with Crippen molar-refractivity contribution < 1.29 is 14.3 Å². The fourth-order valence-electron chi connectivity index (χ4n) is 2.83. The van der Waals surface area contributed by atoms with Gasteiger partial charge in [-0.25, -0.2) is 4.79 Å². The maximum Gasteiger partial charge on any atom is 0.331 e. The van der Waals surface area contributed by atoms with Crippen molar-refractivity contribution in [2.24, 2.45) is 0 Å². The van der Waals surface area contributed by atoms with Crippen molar-refractivity contribution >= 4 is 33.9 Å². The molecule has 138 valence electrons. The highest BCUT2D eigenvalue weighted by atomic mass is 35.5. The summed E-state index contributed by atoms with van der Waals surface area (Å²) in [4.78, 5) is 11.6. The van der Waals surface area contributed by atoms with Crippen LogP contribution in [0.4, 0.5) is 0 Å². The number of benzene rings is 3. The van der Waals surface area contributed by atoms with Gasteiger partial charge >= 0.3 is 5.97 Å². The Morgan fingerprint density at radius 1 is 1.07 bits per heavy atom. The first-order chi connectivity index (χ1) is 13.1. The van der Waals surface area contributed by atoms with E-state index in [1.807, 2.05) is 61.5 Å². The number of allylic oxidation sites excluding steroid dienone is 1. The number of hydrogen-bond donors (Lipinski definition) is 0. The molecular weight excluding hydrogens is 360 g/mol. The molecule has 0 aliphatic rings. The Kier molecular flexibility index (Phi) is 6.15. The SMILES string of the molecule is CCOC(=O)/C=C(\C)c1cccc(OCc2ccc3c(Cl)cccc3c2)c1. The summed E-state index contributed by atoms with van der Waals surface area (Å²) in [6, 6.07) is 19.6. The monoisotopic (exact) mass is 380 g/mol. The number of fused-ring (bicyclic) bond motifs is 1. The van der Waals surface area contributed by atoms with Crippen LogP contribution in [-0.2, 0) is 16.1 Å². The van der Waals surface area contributed by atoms with Gasteiger partial charge < -0.3 is 9.47 Å². The molecule has 4 heteroatoms. The topological polar surface area (TPSA) is 35.5 Å². The molecule has 0 unspecified atom stereocenters. The highest BCUT2D eigenvalue weighted by molar-refractivity contribution is 6.35. The van der Waals surface area contributed by atoms with Gasteiger partial charge in [0.05, 0.1) is 6.61 Å². The molecular formula is C23H21ClO3. The second kappa shape index (κ2) is 8.74. The summed E-state index contributed by atoms with van der Waals surface area (Å²) in [5.74, 6) is 0.409. The van der Waals surface area contributed by atoms with Crippen LogP contribution in [0.1, 0.15) is 25.0 Å². The summed E-state index contributed by atoms with van der Waals surface area (Å²) in [5.41, 5.74) is 2.82. The third-order valence-corrected chi connectivity index (χ3v) is 4.54. The minimum Gasteiger partial charge on any atom is -0.489 e. The molecule has 27 heavy (non-hydrogen) atoms. The third kappa shape index (κ3) is 4.89. The molecule has 3 rings (SSSR count). The van der Waals surface area contributed by atoms with Crippen molar-refractivity contribution in [2.75, 3.05) is 6.61 Å². The molecule has 0 saturated carbocycles. The molecule has 0 atom stereocenters. The van der Waals surface area contributed by atoms with Crippen molar-refractivity contribution in [3.8, 4) is 5.75 Å². The molecule has 0 N–H and O–H groups in total. The fraction of sp³-hybridized carbons (Fsp3) is 0.174. The lowest BCUT2D eigenvalue weighted by Gasteiger charge is -2.10. The third-order valence-electron chi connectivity index (χ3n) is 4.21. The number of carbonyl (C=O) groups excluding carboxylic acids is 1. The van der Waals surface area contributed by atoms with Crippen molar-refractivity contribution in [1.82, 2.24) is 0 Å². The van der Waals surface area contributed by atoms with E-state index in [9.17, 15) is 4.79 Å². The summed E-state index contributed by atoms with van der Waals surface area (Å²) in [7, 11) is 0. The Balaban J connectivity index is 1.72. The van der Waals surface area contributed by atoms with Gasteiger partial charge in [-0.05, 0) is 60.2 Å². The van der Waals surface area contributed by atoms with Gasteiger partial charge in [-0.15, -0.1) is 0 Å². The lowest BCUT2D eigenvalue weighted by atomic mass is 10.1. The van der Waals surface area contributed by atoms with Gasteiger partial charge in [0.15, 0.2) is 0 Å². The number of ether oxygens (including phenoxy) is 2. The van der Waals surface area contributed by atoms with E-state index < -0.39 is 0 Å². The molecule has 0 spiro atoms. The highest BCUT2D eigenvalue weighted by Gasteiger charge is 2.04. The van der Waals surface area contributed by atoms with Crippen molar-refractivity contribution in [3.05, 3.63) is 82.9 Å². The van der Waals surface area contributed by atoms with Crippen molar-refractivity contribution in [2.45, 2.75) is 20.5 Å². The van der Waals surface area contributed by atoms with E-state index in [4.69, 9.17) is 21.1 Å². The number of esters is 1. The Labute approximate surface area is 164 Å². The molecule has 0 amide bonds. The maximum atomic E-state index is 11.6. The highest BCUT2D eigenvalue weighted by Crippen LogP contribution is 2.25. The van der Waals surface area contributed by atoms with E-state index in [0.29, 0.717) is 13.2 Å². The molecule has 0 saturated heterocycles. The van der Waals surface area contributed by atoms with Crippen LogP contribution < -0.4 is 4.74 Å². The number of halogens is 1. The first kappa shape index (κ1) is 19.0. The normalized spacial score (nSPS) is 11.4. The van der Waals surface area contributed by atoms with E-state index in [0.717, 1.165) is 38.2 Å². The Hall–Kier alpha value is -2.78. The first-order valence-electron chi connectivity index (χ1n) is 8.82. The molecule has 0 aliphatic heterocycles. The standard InChI is InChI=1S/C23H21ClO3/c1-3-26-23(25)12-16(2)18-6-4-8-20(14-18)27-15-17-10-11-21-19(13-17)7-5-9-22(21)24/h4-14H,3,15H2,1-2H3/b16-12+. The van der Waals surface area contributed by atoms with Gasteiger partial charge in [0.2, 0.25) is 0 Å². The van der Waals surface area contributed by atoms with Crippen LogP contribution >= 0.6 is 11.6 Å². The molecule has 0 heterocycles. The molecule has 0 radical (unpaired) electrons. The summed E-state index contributed by atoms with van der Waals surface area (Å²) >= 11 is 6.22. The van der Waals surface area contributed by atoms with Gasteiger partial charge in [0.25, 0.3) is 0 Å². The first-order valence-corrected chi connectivity index (χ1v) is 9.20. The second-order valence-electron chi connectivity index (χ2n) is 6.19. The summed E-state index contributed by atoms with van der Waals surface area (Å²) in [6.07, 6.45) is 1.50. The van der Waals surface area contributed by atoms with E-state index in [1.165, 1.54) is 6.08 Å². The summed E-state index contributed by atoms with van der Waals surface area (Å²) < 4.78 is 10.9. The average molecular weight is 381 g/mol. The van der Waals surface area contributed by atoms with Crippen LogP contribution in [-0.4, -0.2) is 12.6 Å². The largest absolute Gasteiger partial charge is 0.489 e. The van der Waals surface area contributed by atoms with E-state index >= 15 is 0 Å². The lowest BCUT2D eigenvalue weighted by molar-refractivity contribution is -0.137. The van der Waals surface area contributed by atoms with Crippen LogP contribution in [0.25, 0.3) is 16.3 Å². The second-order valence-corrected chi connectivity index (χ2v) is 6.60. The smallest absolute Gasteiger partial charge is 0.331 e. The molecule has 3 nitrogen and oxygen atoms in total. The molecule has 3 aromatic rings. The van der Waals surface area contributed by atoms with Crippen LogP contribution in [0.3, 0.4) is 0 Å². The van der Waals surface area contributed by atoms with Crippen LogP contribution in [0, 0.1) is 0 Å². The van der Waals surface area contributed by atoms with Gasteiger partial charge in [0, 0.05) is 16.5 Å². The van der Waals surface area contributed by atoms with Gasteiger partial charge in [-0.2, -0.15) is 0 Å². The molecule has 3 aromatic carbocycles. The molecule has 0 bridgehead atoms. The summed E-state index contributed by atoms with van der Waals surface area (Å²) in [6.45, 7) is 4.48. The quantitative estimate of drug-likeness (QED) is 0.386. The number of carbonyl (C=O) groups is 1. The molecule has 0 aliphatic carbocycles. The fourth-order valence-corrected chi connectivity index (χ4v) is 3.07. The Bertz CT molecular complexity index is 992. The Morgan fingerprint density at radius 3 is 2.70 bits per heavy atom.